The lowest BCUT2D eigenvalue weighted by Gasteiger charge is -2.13. The van der Waals surface area contributed by atoms with Gasteiger partial charge in [-0.25, -0.2) is 0 Å². The Bertz CT molecular complexity index is 643. The van der Waals surface area contributed by atoms with E-state index in [1.54, 1.807) is 32.6 Å². The number of Topliss-reactive ketones (excluding diaryl/α,β-unsaturated/α-hetero) is 1. The molecule has 0 saturated carbocycles. The van der Waals surface area contributed by atoms with Gasteiger partial charge in [-0.2, -0.15) is 0 Å². The Kier molecular flexibility index (Phi) is 3.01. The van der Waals surface area contributed by atoms with Crippen molar-refractivity contribution in [3.63, 3.8) is 0 Å². The maximum absolute atomic E-state index is 12.6. The molecule has 1 heterocycles. The third-order valence-corrected chi connectivity index (χ3v) is 3.94. The molecule has 104 valence electrons. The van der Waals surface area contributed by atoms with E-state index < -0.39 is 0 Å². The Hall–Kier alpha value is -2.23. The third-order valence-electron chi connectivity index (χ3n) is 3.94. The van der Waals surface area contributed by atoms with Gasteiger partial charge < -0.3 is 13.9 Å². The summed E-state index contributed by atoms with van der Waals surface area (Å²) in [6.45, 7) is 2.03. The average Bonchev–Trinajstić information content (AvgIpc) is 3.06. The van der Waals surface area contributed by atoms with Crippen LogP contribution in [-0.4, -0.2) is 20.0 Å². The van der Waals surface area contributed by atoms with Crippen molar-refractivity contribution in [1.82, 2.24) is 0 Å². The van der Waals surface area contributed by atoms with Crippen LogP contribution in [0.4, 0.5) is 0 Å². The Morgan fingerprint density at radius 1 is 1.15 bits per heavy atom. The second-order valence-electron chi connectivity index (χ2n) is 4.94. The van der Waals surface area contributed by atoms with Gasteiger partial charge in [-0.1, -0.05) is 6.92 Å². The van der Waals surface area contributed by atoms with Crippen molar-refractivity contribution in [2.24, 2.45) is 0 Å². The van der Waals surface area contributed by atoms with Crippen molar-refractivity contribution in [1.29, 1.82) is 0 Å². The van der Waals surface area contributed by atoms with Crippen LogP contribution in [0.2, 0.25) is 0 Å². The molecule has 0 amide bonds. The number of benzene rings is 1. The minimum atomic E-state index is -0.267. The van der Waals surface area contributed by atoms with Crippen LogP contribution < -0.4 is 9.47 Å². The number of methoxy groups -OCH3 is 2. The lowest BCUT2D eigenvalue weighted by molar-refractivity contribution is 0.0956. The number of furan rings is 1. The number of hydrogen-bond acceptors (Lipinski definition) is 4. The number of fused-ring (bicyclic) bond motifs is 1. The number of carbonyl (C=O) groups excluding carboxylic acids is 1. The molecule has 0 aliphatic heterocycles. The van der Waals surface area contributed by atoms with Crippen molar-refractivity contribution in [3.05, 3.63) is 47.4 Å². The highest BCUT2D eigenvalue weighted by Gasteiger charge is 2.40. The fraction of sp³-hybridized carbons (Fsp3) is 0.312. The SMILES string of the molecule is COc1cc2c(cc1OC)C(C)C(c1ccco1)C2=O. The molecule has 0 fully saturated rings. The van der Waals surface area contributed by atoms with Gasteiger partial charge in [0.25, 0.3) is 0 Å². The molecule has 2 aromatic rings. The van der Waals surface area contributed by atoms with E-state index in [2.05, 4.69) is 0 Å². The van der Waals surface area contributed by atoms with Crippen LogP contribution in [0.15, 0.2) is 34.9 Å². The molecule has 1 aliphatic carbocycles. The van der Waals surface area contributed by atoms with E-state index in [0.29, 0.717) is 22.8 Å². The van der Waals surface area contributed by atoms with Crippen LogP contribution in [0.25, 0.3) is 0 Å². The molecular weight excluding hydrogens is 256 g/mol. The zero-order valence-corrected chi connectivity index (χ0v) is 11.7. The van der Waals surface area contributed by atoms with Crippen LogP contribution in [0, 0.1) is 0 Å². The van der Waals surface area contributed by atoms with Gasteiger partial charge in [-0.3, -0.25) is 4.79 Å². The Balaban J connectivity index is 2.11. The molecule has 4 heteroatoms. The molecule has 0 radical (unpaired) electrons. The monoisotopic (exact) mass is 272 g/mol. The maximum atomic E-state index is 12.6. The molecule has 1 aliphatic rings. The quantitative estimate of drug-likeness (QED) is 0.859. The normalized spacial score (nSPS) is 20.9. The molecule has 0 bridgehead atoms. The van der Waals surface area contributed by atoms with Crippen molar-refractivity contribution in [3.8, 4) is 11.5 Å². The van der Waals surface area contributed by atoms with E-state index in [4.69, 9.17) is 13.9 Å². The molecule has 1 aromatic heterocycles. The topological polar surface area (TPSA) is 48.7 Å². The van der Waals surface area contributed by atoms with E-state index in [-0.39, 0.29) is 17.6 Å². The summed E-state index contributed by atoms with van der Waals surface area (Å²) in [4.78, 5) is 12.6. The predicted molar refractivity (Wildman–Crippen MR) is 73.7 cm³/mol. The zero-order valence-electron chi connectivity index (χ0n) is 11.7. The molecular formula is C16H16O4. The van der Waals surface area contributed by atoms with Crippen molar-refractivity contribution >= 4 is 5.78 Å². The van der Waals surface area contributed by atoms with Gasteiger partial charge in [0.05, 0.1) is 26.4 Å². The molecule has 0 N–H and O–H groups in total. The highest BCUT2D eigenvalue weighted by atomic mass is 16.5. The minimum absolute atomic E-state index is 0.0588. The molecule has 0 spiro atoms. The van der Waals surface area contributed by atoms with E-state index in [1.807, 2.05) is 19.1 Å². The first-order chi connectivity index (χ1) is 9.67. The summed E-state index contributed by atoms with van der Waals surface area (Å²) >= 11 is 0. The van der Waals surface area contributed by atoms with E-state index in [1.165, 1.54) is 0 Å². The minimum Gasteiger partial charge on any atom is -0.493 e. The van der Waals surface area contributed by atoms with Crippen molar-refractivity contribution in [2.75, 3.05) is 14.2 Å². The van der Waals surface area contributed by atoms with Gasteiger partial charge in [-0.05, 0) is 35.7 Å². The number of ether oxygens (including phenoxy) is 2. The first-order valence-corrected chi connectivity index (χ1v) is 6.51. The lowest BCUT2D eigenvalue weighted by atomic mass is 9.92. The van der Waals surface area contributed by atoms with Crippen LogP contribution in [0.1, 0.15) is 40.4 Å². The van der Waals surface area contributed by atoms with Crippen LogP contribution in [0.3, 0.4) is 0 Å². The standard InChI is InChI=1S/C16H16O4/c1-9-10-7-13(18-2)14(19-3)8-11(10)16(17)15(9)12-5-4-6-20-12/h4-9,15H,1-3H3. The summed E-state index contributed by atoms with van der Waals surface area (Å²) < 4.78 is 16.0. The first-order valence-electron chi connectivity index (χ1n) is 6.51. The number of hydrogen-bond donors (Lipinski definition) is 0. The summed E-state index contributed by atoms with van der Waals surface area (Å²) in [5.41, 5.74) is 1.67. The zero-order chi connectivity index (χ0) is 14.3. The van der Waals surface area contributed by atoms with E-state index >= 15 is 0 Å². The van der Waals surface area contributed by atoms with E-state index in [9.17, 15) is 4.79 Å². The van der Waals surface area contributed by atoms with Gasteiger partial charge in [-0.15, -0.1) is 0 Å². The molecule has 20 heavy (non-hydrogen) atoms. The van der Waals surface area contributed by atoms with Crippen LogP contribution in [0.5, 0.6) is 11.5 Å². The Morgan fingerprint density at radius 2 is 1.85 bits per heavy atom. The Morgan fingerprint density at radius 3 is 2.45 bits per heavy atom. The molecule has 2 atom stereocenters. The highest BCUT2D eigenvalue weighted by Crippen LogP contribution is 2.47. The highest BCUT2D eigenvalue weighted by molar-refractivity contribution is 6.06. The number of rotatable bonds is 3. The predicted octanol–water partition coefficient (Wildman–Crippen LogP) is 3.38. The fourth-order valence-corrected chi connectivity index (χ4v) is 2.90. The maximum Gasteiger partial charge on any atom is 0.174 e. The van der Waals surface area contributed by atoms with Crippen molar-refractivity contribution in [2.45, 2.75) is 18.8 Å². The second kappa shape index (κ2) is 4.71. The van der Waals surface area contributed by atoms with Gasteiger partial charge in [0, 0.05) is 5.56 Å². The number of ketones is 1. The van der Waals surface area contributed by atoms with Gasteiger partial charge in [0.2, 0.25) is 0 Å². The smallest absolute Gasteiger partial charge is 0.174 e. The Labute approximate surface area is 117 Å². The fourth-order valence-electron chi connectivity index (χ4n) is 2.90. The molecule has 1 aromatic carbocycles. The molecule has 3 rings (SSSR count). The molecule has 4 nitrogen and oxygen atoms in total. The first kappa shape index (κ1) is 12.8. The summed E-state index contributed by atoms with van der Waals surface area (Å²) in [5, 5.41) is 0. The van der Waals surface area contributed by atoms with Crippen LogP contribution in [-0.2, 0) is 0 Å². The second-order valence-corrected chi connectivity index (χ2v) is 4.94. The van der Waals surface area contributed by atoms with E-state index in [0.717, 1.165) is 5.56 Å². The summed E-state index contributed by atoms with van der Waals surface area (Å²) in [6, 6.07) is 7.30. The van der Waals surface area contributed by atoms with Crippen LogP contribution >= 0.6 is 0 Å². The summed E-state index contributed by atoms with van der Waals surface area (Å²) in [5.74, 6) is 1.79. The number of carbonyl (C=O) groups is 1. The van der Waals surface area contributed by atoms with Gasteiger partial charge >= 0.3 is 0 Å². The molecule has 0 saturated heterocycles. The largest absolute Gasteiger partial charge is 0.493 e. The summed E-state index contributed by atoms with van der Waals surface area (Å²) in [7, 11) is 3.16. The molecule has 2 unspecified atom stereocenters. The lowest BCUT2D eigenvalue weighted by Crippen LogP contribution is -2.08. The van der Waals surface area contributed by atoms with Gasteiger partial charge in [0.1, 0.15) is 5.76 Å². The van der Waals surface area contributed by atoms with Crippen molar-refractivity contribution < 1.29 is 18.7 Å². The average molecular weight is 272 g/mol. The summed E-state index contributed by atoms with van der Waals surface area (Å²) in [6.07, 6.45) is 1.60. The third kappa shape index (κ3) is 1.72. The van der Waals surface area contributed by atoms with Gasteiger partial charge in [0.15, 0.2) is 17.3 Å².